The fraction of sp³-hybridized carbons (Fsp3) is 0.389. The Kier molecular flexibility index (Phi) is 9.84. The van der Waals surface area contributed by atoms with Crippen LogP contribution in [0.4, 0.5) is 0 Å². The van der Waals surface area contributed by atoms with Gasteiger partial charge in [0.25, 0.3) is 0 Å². The summed E-state index contributed by atoms with van der Waals surface area (Å²) in [6, 6.07) is 12.3. The van der Waals surface area contributed by atoms with Crippen LogP contribution in [0.2, 0.25) is 0 Å². The van der Waals surface area contributed by atoms with Crippen molar-refractivity contribution in [3.63, 3.8) is 0 Å². The molecule has 0 aliphatic heterocycles. The Bertz CT molecular complexity index is 643. The van der Waals surface area contributed by atoms with E-state index in [2.05, 4.69) is 46.1 Å². The molecule has 7 heteroatoms. The van der Waals surface area contributed by atoms with Crippen molar-refractivity contribution in [1.29, 1.82) is 0 Å². The first-order valence-corrected chi connectivity index (χ1v) is 10.1. The highest BCUT2D eigenvalue weighted by molar-refractivity contribution is 14.0. The Balaban J connectivity index is 0.00000312. The Morgan fingerprint density at radius 1 is 1.24 bits per heavy atom. The van der Waals surface area contributed by atoms with Crippen LogP contribution < -0.4 is 10.6 Å². The molecule has 138 valence electrons. The van der Waals surface area contributed by atoms with Gasteiger partial charge in [0.2, 0.25) is 0 Å². The zero-order valence-electron chi connectivity index (χ0n) is 14.8. The van der Waals surface area contributed by atoms with Gasteiger partial charge in [0, 0.05) is 16.3 Å². The third kappa shape index (κ3) is 7.16. The first kappa shape index (κ1) is 22.3. The van der Waals surface area contributed by atoms with E-state index >= 15 is 0 Å². The number of rotatable bonds is 7. The number of hydrogen-bond donors (Lipinski definition) is 3. The van der Waals surface area contributed by atoms with Gasteiger partial charge in [-0.05, 0) is 49.2 Å². The van der Waals surface area contributed by atoms with Crippen LogP contribution in [0, 0.1) is 0 Å². The van der Waals surface area contributed by atoms with Crippen molar-refractivity contribution < 1.29 is 5.11 Å². The summed E-state index contributed by atoms with van der Waals surface area (Å²) in [6.45, 7) is 5.63. The lowest BCUT2D eigenvalue weighted by Gasteiger charge is -2.23. The van der Waals surface area contributed by atoms with Crippen molar-refractivity contribution in [3.05, 3.63) is 52.2 Å². The fourth-order valence-electron chi connectivity index (χ4n) is 2.17. The molecule has 2 aromatic rings. The number of nitrogens with one attached hydrogen (secondary N) is 2. The standard InChI is InChI=1S/C18H25N3OS2.HI/c1-4-19-17(20-12-14-7-9-15(23-3)10-8-14)21-13-18(2,22)16-6-5-11-24-16;/h5-11,22H,4,12-13H2,1-3H3,(H2,19,20,21);1H. The van der Waals surface area contributed by atoms with E-state index in [0.29, 0.717) is 19.0 Å². The molecule has 25 heavy (non-hydrogen) atoms. The summed E-state index contributed by atoms with van der Waals surface area (Å²) in [5.74, 6) is 0.711. The summed E-state index contributed by atoms with van der Waals surface area (Å²) < 4.78 is 0. The van der Waals surface area contributed by atoms with Crippen LogP contribution in [0.5, 0.6) is 0 Å². The van der Waals surface area contributed by atoms with Gasteiger partial charge < -0.3 is 15.7 Å². The minimum atomic E-state index is -0.912. The predicted octanol–water partition coefficient (Wildman–Crippen LogP) is 4.05. The zero-order valence-corrected chi connectivity index (χ0v) is 18.7. The molecule has 3 N–H and O–H groups in total. The summed E-state index contributed by atoms with van der Waals surface area (Å²) in [4.78, 5) is 6.80. The Hall–Kier alpha value is -0.770. The second-order valence-electron chi connectivity index (χ2n) is 5.65. The Morgan fingerprint density at radius 3 is 2.52 bits per heavy atom. The van der Waals surface area contributed by atoms with Gasteiger partial charge in [0.15, 0.2) is 5.96 Å². The second kappa shape index (κ2) is 11.1. The Labute approximate surface area is 175 Å². The average molecular weight is 491 g/mol. The van der Waals surface area contributed by atoms with Crippen molar-refractivity contribution in [1.82, 2.24) is 10.6 Å². The van der Waals surface area contributed by atoms with E-state index in [4.69, 9.17) is 0 Å². The maximum absolute atomic E-state index is 10.6. The molecule has 0 aliphatic carbocycles. The normalized spacial score (nSPS) is 13.7. The lowest BCUT2D eigenvalue weighted by molar-refractivity contribution is 0.0655. The van der Waals surface area contributed by atoms with Crippen molar-refractivity contribution in [3.8, 4) is 0 Å². The monoisotopic (exact) mass is 491 g/mol. The van der Waals surface area contributed by atoms with E-state index in [0.717, 1.165) is 17.0 Å². The van der Waals surface area contributed by atoms with Gasteiger partial charge in [-0.15, -0.1) is 47.1 Å². The highest BCUT2D eigenvalue weighted by Crippen LogP contribution is 2.24. The number of guanidine groups is 1. The van der Waals surface area contributed by atoms with E-state index in [1.54, 1.807) is 23.1 Å². The molecule has 1 aromatic carbocycles. The summed E-state index contributed by atoms with van der Waals surface area (Å²) in [5.41, 5.74) is 0.250. The summed E-state index contributed by atoms with van der Waals surface area (Å²) in [5, 5.41) is 19.0. The molecule has 0 saturated carbocycles. The maximum Gasteiger partial charge on any atom is 0.191 e. The molecule has 2 rings (SSSR count). The summed E-state index contributed by atoms with van der Waals surface area (Å²) in [6.07, 6.45) is 2.07. The number of hydrogen-bond acceptors (Lipinski definition) is 4. The largest absolute Gasteiger partial charge is 0.383 e. The third-order valence-corrected chi connectivity index (χ3v) is 5.44. The van der Waals surface area contributed by atoms with E-state index in [9.17, 15) is 5.11 Å². The van der Waals surface area contributed by atoms with Crippen LogP contribution in [0.3, 0.4) is 0 Å². The molecule has 0 fully saturated rings. The quantitative estimate of drug-likeness (QED) is 0.237. The highest BCUT2D eigenvalue weighted by Gasteiger charge is 2.24. The molecule has 0 bridgehead atoms. The maximum atomic E-state index is 10.6. The van der Waals surface area contributed by atoms with Crippen molar-refractivity contribution in [2.75, 3.05) is 19.3 Å². The average Bonchev–Trinajstić information content (AvgIpc) is 3.13. The van der Waals surface area contributed by atoms with Gasteiger partial charge in [-0.1, -0.05) is 18.2 Å². The molecule has 0 aliphatic rings. The number of benzene rings is 1. The second-order valence-corrected chi connectivity index (χ2v) is 7.48. The van der Waals surface area contributed by atoms with Gasteiger partial charge in [0.05, 0.1) is 13.1 Å². The topological polar surface area (TPSA) is 56.7 Å². The predicted molar refractivity (Wildman–Crippen MR) is 120 cm³/mol. The van der Waals surface area contributed by atoms with Crippen molar-refractivity contribution in [2.24, 2.45) is 4.99 Å². The molecule has 1 heterocycles. The van der Waals surface area contributed by atoms with Gasteiger partial charge in [0.1, 0.15) is 5.60 Å². The minimum absolute atomic E-state index is 0. The smallest absolute Gasteiger partial charge is 0.191 e. The van der Waals surface area contributed by atoms with E-state index in [1.165, 1.54) is 4.90 Å². The first-order valence-electron chi connectivity index (χ1n) is 7.96. The van der Waals surface area contributed by atoms with Gasteiger partial charge in [-0.3, -0.25) is 0 Å². The highest BCUT2D eigenvalue weighted by atomic mass is 127. The van der Waals surface area contributed by atoms with Crippen LogP contribution in [0.25, 0.3) is 0 Å². The summed E-state index contributed by atoms with van der Waals surface area (Å²) in [7, 11) is 0. The van der Waals surface area contributed by atoms with Crippen molar-refractivity contribution >= 4 is 53.0 Å². The van der Waals surface area contributed by atoms with E-state index in [1.807, 2.05) is 31.4 Å². The number of thioether (sulfide) groups is 1. The molecule has 0 amide bonds. The molecular formula is C18H26IN3OS2. The fourth-order valence-corrected chi connectivity index (χ4v) is 3.37. The number of nitrogens with zero attached hydrogens (tertiary/aromatic N) is 1. The molecule has 4 nitrogen and oxygen atoms in total. The van der Waals surface area contributed by atoms with E-state index in [-0.39, 0.29) is 24.0 Å². The molecule has 1 aromatic heterocycles. The molecule has 0 radical (unpaired) electrons. The van der Waals surface area contributed by atoms with E-state index < -0.39 is 5.60 Å². The number of thiophene rings is 1. The lowest BCUT2D eigenvalue weighted by Crippen LogP contribution is -2.44. The van der Waals surface area contributed by atoms with Crippen LogP contribution in [0.1, 0.15) is 24.3 Å². The number of aliphatic imine (C=N–C) groups is 1. The molecule has 1 unspecified atom stereocenters. The molecule has 0 saturated heterocycles. The minimum Gasteiger partial charge on any atom is -0.383 e. The summed E-state index contributed by atoms with van der Waals surface area (Å²) >= 11 is 3.29. The first-order chi connectivity index (χ1) is 11.5. The SMILES string of the molecule is CCNC(=NCc1ccc(SC)cc1)NCC(C)(O)c1cccs1.I. The third-order valence-electron chi connectivity index (χ3n) is 3.58. The van der Waals surface area contributed by atoms with Gasteiger partial charge in [-0.25, -0.2) is 4.99 Å². The number of aliphatic hydroxyl groups is 1. The Morgan fingerprint density at radius 2 is 1.96 bits per heavy atom. The number of halogens is 1. The van der Waals surface area contributed by atoms with Crippen LogP contribution in [-0.2, 0) is 12.1 Å². The zero-order chi connectivity index (χ0) is 17.4. The van der Waals surface area contributed by atoms with Gasteiger partial charge >= 0.3 is 0 Å². The van der Waals surface area contributed by atoms with Crippen LogP contribution >= 0.6 is 47.1 Å². The lowest BCUT2D eigenvalue weighted by atomic mass is 10.1. The van der Waals surface area contributed by atoms with Crippen LogP contribution in [0.15, 0.2) is 51.7 Å². The molecule has 0 spiro atoms. The molecule has 1 atom stereocenters. The molecular weight excluding hydrogens is 465 g/mol. The van der Waals surface area contributed by atoms with Gasteiger partial charge in [-0.2, -0.15) is 0 Å². The van der Waals surface area contributed by atoms with Crippen LogP contribution in [-0.4, -0.2) is 30.4 Å². The van der Waals surface area contributed by atoms with Crippen molar-refractivity contribution in [2.45, 2.75) is 30.9 Å².